The lowest BCUT2D eigenvalue weighted by atomic mass is 9.98. The fourth-order valence-corrected chi connectivity index (χ4v) is 5.05. The van der Waals surface area contributed by atoms with E-state index in [-0.39, 0.29) is 17.9 Å². The third-order valence-electron chi connectivity index (χ3n) is 6.21. The molecular weight excluding hydrogens is 504 g/mol. The molecule has 1 amide bonds. The molecule has 1 unspecified atom stereocenters. The molecule has 2 atom stereocenters. The first-order chi connectivity index (χ1) is 15.7. The molecule has 1 fully saturated rings. The van der Waals surface area contributed by atoms with Gasteiger partial charge in [-0.2, -0.15) is 0 Å². The summed E-state index contributed by atoms with van der Waals surface area (Å²) in [6, 6.07) is 11.9. The van der Waals surface area contributed by atoms with Crippen LogP contribution in [-0.2, 0) is 4.79 Å². The van der Waals surface area contributed by atoms with Crippen molar-refractivity contribution in [3.05, 3.63) is 69.7 Å². The molecule has 0 aliphatic carbocycles. The van der Waals surface area contributed by atoms with Gasteiger partial charge in [0.15, 0.2) is 0 Å². The van der Waals surface area contributed by atoms with Crippen LogP contribution in [0.2, 0.25) is 5.02 Å². The smallest absolute Gasteiger partial charge is 0.246 e. The van der Waals surface area contributed by atoms with Crippen molar-refractivity contribution in [2.75, 3.05) is 24.5 Å². The van der Waals surface area contributed by atoms with E-state index in [1.54, 1.807) is 4.90 Å². The number of hydrogen-bond acceptors (Lipinski definition) is 5. The van der Waals surface area contributed by atoms with Crippen molar-refractivity contribution in [2.45, 2.75) is 39.1 Å². The second-order valence-electron chi connectivity index (χ2n) is 8.70. The standard InChI is InChI=1S/C25H28BrClN4O2/c1-5-23(32)29-10-11-30(16(4)14-29)24-18-12-20(27)19(26)13-22(18)31(25(33)28-24)21-9-7-6-8-17(21)15(2)3/h5-9,12-13,15-16,25,33H,1,10-11,14H2,2-4H3/t16-,25?/m0/s1. The van der Waals surface area contributed by atoms with E-state index < -0.39 is 6.35 Å². The van der Waals surface area contributed by atoms with Gasteiger partial charge in [-0.05, 0) is 58.6 Å². The molecule has 6 nitrogen and oxygen atoms in total. The Labute approximate surface area is 208 Å². The predicted octanol–water partition coefficient (Wildman–Crippen LogP) is 5.12. The zero-order valence-corrected chi connectivity index (χ0v) is 21.3. The molecule has 0 spiro atoms. The van der Waals surface area contributed by atoms with Gasteiger partial charge in [-0.1, -0.05) is 50.2 Å². The molecule has 4 rings (SSSR count). The molecule has 0 aromatic heterocycles. The van der Waals surface area contributed by atoms with E-state index in [1.165, 1.54) is 6.08 Å². The molecule has 2 heterocycles. The predicted molar refractivity (Wildman–Crippen MR) is 137 cm³/mol. The number of carbonyl (C=O) groups is 1. The first-order valence-electron chi connectivity index (χ1n) is 11.0. The molecule has 2 aromatic carbocycles. The minimum Gasteiger partial charge on any atom is -0.355 e. The summed E-state index contributed by atoms with van der Waals surface area (Å²) in [6.45, 7) is 11.6. The Balaban J connectivity index is 1.79. The SMILES string of the molecule is C=CC(=O)N1CCN(C2=NC(O)N(c3ccccc3C(C)C)c3cc(Br)c(Cl)cc32)[C@@H](C)C1. The molecule has 2 aromatic rings. The van der Waals surface area contributed by atoms with Crippen LogP contribution in [0.5, 0.6) is 0 Å². The summed E-state index contributed by atoms with van der Waals surface area (Å²) in [4.78, 5) is 22.6. The zero-order valence-electron chi connectivity index (χ0n) is 19.0. The number of rotatable bonds is 3. The monoisotopic (exact) mass is 530 g/mol. The van der Waals surface area contributed by atoms with Crippen LogP contribution in [-0.4, -0.2) is 58.7 Å². The maximum absolute atomic E-state index is 12.1. The van der Waals surface area contributed by atoms with Gasteiger partial charge in [0.05, 0.1) is 10.7 Å². The van der Waals surface area contributed by atoms with Crippen LogP contribution in [0.3, 0.4) is 0 Å². The quantitative estimate of drug-likeness (QED) is 0.559. The van der Waals surface area contributed by atoms with Gasteiger partial charge in [-0.25, -0.2) is 4.99 Å². The van der Waals surface area contributed by atoms with Gasteiger partial charge in [-0.15, -0.1) is 0 Å². The highest BCUT2D eigenvalue weighted by atomic mass is 79.9. The van der Waals surface area contributed by atoms with Crippen molar-refractivity contribution >= 4 is 50.6 Å². The second-order valence-corrected chi connectivity index (χ2v) is 9.96. The summed E-state index contributed by atoms with van der Waals surface area (Å²) in [5.74, 6) is 0.882. The van der Waals surface area contributed by atoms with Crippen LogP contribution in [0.4, 0.5) is 11.4 Å². The van der Waals surface area contributed by atoms with Crippen molar-refractivity contribution < 1.29 is 9.90 Å². The molecule has 0 bridgehead atoms. The van der Waals surface area contributed by atoms with Gasteiger partial charge in [0.25, 0.3) is 0 Å². The topological polar surface area (TPSA) is 59.4 Å². The van der Waals surface area contributed by atoms with E-state index in [0.717, 1.165) is 27.0 Å². The van der Waals surface area contributed by atoms with E-state index in [1.807, 2.05) is 35.2 Å². The fraction of sp³-hybridized carbons (Fsp3) is 0.360. The lowest BCUT2D eigenvalue weighted by molar-refractivity contribution is -0.128. The van der Waals surface area contributed by atoms with Crippen molar-refractivity contribution in [2.24, 2.45) is 4.99 Å². The summed E-state index contributed by atoms with van der Waals surface area (Å²) in [7, 11) is 0. The van der Waals surface area contributed by atoms with E-state index in [0.29, 0.717) is 30.5 Å². The highest BCUT2D eigenvalue weighted by Gasteiger charge is 2.36. The largest absolute Gasteiger partial charge is 0.355 e. The van der Waals surface area contributed by atoms with Crippen LogP contribution in [0, 0.1) is 0 Å². The number of amides is 1. The number of nitrogens with zero attached hydrogens (tertiary/aromatic N) is 4. The fourth-order valence-electron chi connectivity index (χ4n) is 4.56. The molecule has 2 aliphatic rings. The maximum atomic E-state index is 12.1. The number of anilines is 2. The maximum Gasteiger partial charge on any atom is 0.246 e. The van der Waals surface area contributed by atoms with Crippen molar-refractivity contribution in [1.29, 1.82) is 0 Å². The summed E-state index contributed by atoms with van der Waals surface area (Å²) < 4.78 is 0.748. The van der Waals surface area contributed by atoms with Gasteiger partial charge in [0.1, 0.15) is 5.84 Å². The summed E-state index contributed by atoms with van der Waals surface area (Å²) in [5, 5.41) is 11.9. The Morgan fingerprint density at radius 3 is 2.67 bits per heavy atom. The number of aliphatic imine (C=N–C) groups is 1. The first kappa shape index (κ1) is 23.8. The summed E-state index contributed by atoms with van der Waals surface area (Å²) in [5.41, 5.74) is 3.71. The molecule has 0 radical (unpaired) electrons. The highest BCUT2D eigenvalue weighted by molar-refractivity contribution is 9.10. The molecule has 0 saturated carbocycles. The highest BCUT2D eigenvalue weighted by Crippen LogP contribution is 2.42. The van der Waals surface area contributed by atoms with Gasteiger partial charge in [0, 0.05) is 41.4 Å². The average Bonchev–Trinajstić information content (AvgIpc) is 2.79. The number of benzene rings is 2. The third kappa shape index (κ3) is 4.42. The van der Waals surface area contributed by atoms with Gasteiger partial charge < -0.3 is 14.9 Å². The Kier molecular flexibility index (Phi) is 6.84. The van der Waals surface area contributed by atoms with E-state index in [4.69, 9.17) is 16.6 Å². The molecule has 33 heavy (non-hydrogen) atoms. The Morgan fingerprint density at radius 2 is 2.00 bits per heavy atom. The lowest BCUT2D eigenvalue weighted by Crippen LogP contribution is -2.56. The Morgan fingerprint density at radius 1 is 1.27 bits per heavy atom. The van der Waals surface area contributed by atoms with E-state index in [9.17, 15) is 9.90 Å². The van der Waals surface area contributed by atoms with Crippen molar-refractivity contribution in [3.63, 3.8) is 0 Å². The number of carbonyl (C=O) groups excluding carboxylic acids is 1. The summed E-state index contributed by atoms with van der Waals surface area (Å²) >= 11 is 10.1. The van der Waals surface area contributed by atoms with Crippen LogP contribution in [0.15, 0.2) is 58.5 Å². The molecule has 1 saturated heterocycles. The number of piperazine rings is 1. The number of aliphatic hydroxyl groups excluding tert-OH is 1. The van der Waals surface area contributed by atoms with Crippen LogP contribution >= 0.6 is 27.5 Å². The molecule has 1 N–H and O–H groups in total. The van der Waals surface area contributed by atoms with E-state index in [2.05, 4.69) is 54.2 Å². The van der Waals surface area contributed by atoms with Gasteiger partial charge >= 0.3 is 0 Å². The summed E-state index contributed by atoms with van der Waals surface area (Å²) in [6.07, 6.45) is 0.251. The minimum absolute atomic E-state index is 0.0124. The number of halogens is 2. The van der Waals surface area contributed by atoms with E-state index >= 15 is 0 Å². The van der Waals surface area contributed by atoms with Crippen LogP contribution in [0.1, 0.15) is 37.8 Å². The zero-order chi connectivity index (χ0) is 23.9. The van der Waals surface area contributed by atoms with Crippen molar-refractivity contribution in [1.82, 2.24) is 9.80 Å². The van der Waals surface area contributed by atoms with Crippen LogP contribution < -0.4 is 4.90 Å². The van der Waals surface area contributed by atoms with Crippen molar-refractivity contribution in [3.8, 4) is 0 Å². The number of fused-ring (bicyclic) bond motifs is 1. The first-order valence-corrected chi connectivity index (χ1v) is 12.2. The number of amidine groups is 1. The van der Waals surface area contributed by atoms with Gasteiger partial charge in [0.2, 0.25) is 12.3 Å². The van der Waals surface area contributed by atoms with Gasteiger partial charge in [-0.3, -0.25) is 9.69 Å². The number of aliphatic hydroxyl groups is 1. The minimum atomic E-state index is -1.10. The number of para-hydroxylation sites is 1. The molecule has 8 heteroatoms. The molecular formula is C25H28BrClN4O2. The second kappa shape index (κ2) is 9.49. The molecule has 174 valence electrons. The number of hydrogen-bond donors (Lipinski definition) is 1. The Bertz CT molecular complexity index is 1120. The molecule has 2 aliphatic heterocycles. The normalized spacial score (nSPS) is 20.6. The lowest BCUT2D eigenvalue weighted by Gasteiger charge is -2.44. The third-order valence-corrected chi connectivity index (χ3v) is 7.41. The Hall–Kier alpha value is -2.35. The van der Waals surface area contributed by atoms with Crippen LogP contribution in [0.25, 0.3) is 0 Å². The average molecular weight is 532 g/mol.